The Morgan fingerprint density at radius 1 is 1.06 bits per heavy atom. The van der Waals surface area contributed by atoms with E-state index in [2.05, 4.69) is 10.3 Å². The molecule has 0 spiro atoms. The van der Waals surface area contributed by atoms with E-state index in [1.54, 1.807) is 43.3 Å². The summed E-state index contributed by atoms with van der Waals surface area (Å²) < 4.78 is 43.7. The summed E-state index contributed by atoms with van der Waals surface area (Å²) in [5, 5.41) is 3.43. The van der Waals surface area contributed by atoms with Gasteiger partial charge in [-0.2, -0.15) is 13.2 Å². The van der Waals surface area contributed by atoms with Crippen LogP contribution < -0.4 is 5.32 Å². The van der Waals surface area contributed by atoms with Gasteiger partial charge >= 0.3 is 12.1 Å². The second-order valence-corrected chi connectivity index (χ2v) is 6.85. The first-order valence-corrected chi connectivity index (χ1v) is 9.80. The van der Waals surface area contributed by atoms with Gasteiger partial charge in [-0.15, -0.1) is 0 Å². The largest absolute Gasteiger partial charge is 0.466 e. The minimum atomic E-state index is -4.43. The molecule has 3 aromatic rings. The highest BCUT2D eigenvalue weighted by molar-refractivity contribution is 5.98. The van der Waals surface area contributed by atoms with Crippen LogP contribution >= 0.6 is 0 Å². The van der Waals surface area contributed by atoms with Gasteiger partial charge in [-0.05, 0) is 49.7 Å². The SMILES string of the molecule is CCOC(=O)CCCNC(=O)c1ccc2nc(-c3cccc(C(F)(F)F)c3)ccc2c1. The third-order valence-electron chi connectivity index (χ3n) is 4.59. The van der Waals surface area contributed by atoms with Crippen molar-refractivity contribution in [2.45, 2.75) is 25.9 Å². The number of hydrogen-bond acceptors (Lipinski definition) is 4. The van der Waals surface area contributed by atoms with Crippen molar-refractivity contribution in [2.75, 3.05) is 13.2 Å². The van der Waals surface area contributed by atoms with Crippen LogP contribution in [0, 0.1) is 0 Å². The topological polar surface area (TPSA) is 68.3 Å². The number of benzene rings is 2. The van der Waals surface area contributed by atoms with E-state index >= 15 is 0 Å². The predicted molar refractivity (Wildman–Crippen MR) is 110 cm³/mol. The lowest BCUT2D eigenvalue weighted by Gasteiger charge is -2.10. The number of esters is 1. The lowest BCUT2D eigenvalue weighted by atomic mass is 10.0. The average molecular weight is 430 g/mol. The molecule has 162 valence electrons. The Hall–Kier alpha value is -3.42. The van der Waals surface area contributed by atoms with Gasteiger partial charge in [0, 0.05) is 29.5 Å². The normalized spacial score (nSPS) is 11.4. The fraction of sp³-hybridized carbons (Fsp3) is 0.261. The molecule has 0 aliphatic rings. The monoisotopic (exact) mass is 430 g/mol. The van der Waals surface area contributed by atoms with Gasteiger partial charge in [-0.1, -0.05) is 18.2 Å². The van der Waals surface area contributed by atoms with Crippen LogP contribution in [0.25, 0.3) is 22.2 Å². The molecule has 31 heavy (non-hydrogen) atoms. The Morgan fingerprint density at radius 3 is 2.61 bits per heavy atom. The van der Waals surface area contributed by atoms with Gasteiger partial charge in [0.15, 0.2) is 0 Å². The highest BCUT2D eigenvalue weighted by Crippen LogP contribution is 2.32. The van der Waals surface area contributed by atoms with E-state index in [0.717, 1.165) is 12.1 Å². The van der Waals surface area contributed by atoms with E-state index in [9.17, 15) is 22.8 Å². The molecule has 1 heterocycles. The number of nitrogens with one attached hydrogen (secondary N) is 1. The maximum absolute atomic E-state index is 13.0. The first-order chi connectivity index (χ1) is 14.8. The molecule has 1 aromatic heterocycles. The van der Waals surface area contributed by atoms with E-state index in [1.807, 2.05) is 0 Å². The standard InChI is InChI=1S/C23H21F3N2O3/c1-2-31-21(29)7-4-12-27-22(30)17-9-11-20-16(13-17)8-10-19(28-20)15-5-3-6-18(14-15)23(24,25)26/h3,5-6,8-11,13-14H,2,4,7,12H2,1H3,(H,27,30). The molecule has 0 aliphatic heterocycles. The van der Waals surface area contributed by atoms with E-state index in [1.165, 1.54) is 6.07 Å². The average Bonchev–Trinajstić information content (AvgIpc) is 2.75. The Bertz CT molecular complexity index is 1100. The lowest BCUT2D eigenvalue weighted by Crippen LogP contribution is -2.25. The lowest BCUT2D eigenvalue weighted by molar-refractivity contribution is -0.143. The summed E-state index contributed by atoms with van der Waals surface area (Å²) in [5.41, 5.74) is 1.03. The number of fused-ring (bicyclic) bond motifs is 1. The number of carbonyl (C=O) groups is 2. The molecule has 3 rings (SSSR count). The van der Waals surface area contributed by atoms with Gasteiger partial charge in [-0.3, -0.25) is 9.59 Å². The van der Waals surface area contributed by atoms with Crippen LogP contribution in [0.2, 0.25) is 0 Å². The Morgan fingerprint density at radius 2 is 1.87 bits per heavy atom. The summed E-state index contributed by atoms with van der Waals surface area (Å²) in [4.78, 5) is 28.1. The zero-order valence-corrected chi connectivity index (χ0v) is 16.8. The predicted octanol–water partition coefficient (Wildman–Crippen LogP) is 4.99. The Balaban J connectivity index is 1.70. The molecule has 0 saturated heterocycles. The van der Waals surface area contributed by atoms with E-state index in [-0.39, 0.29) is 18.3 Å². The molecule has 2 aromatic carbocycles. The number of rotatable bonds is 7. The summed E-state index contributed by atoms with van der Waals surface area (Å²) in [5.74, 6) is -0.585. The van der Waals surface area contributed by atoms with Crippen molar-refractivity contribution in [2.24, 2.45) is 0 Å². The van der Waals surface area contributed by atoms with Gasteiger partial charge < -0.3 is 10.1 Å². The maximum Gasteiger partial charge on any atom is 0.416 e. The second kappa shape index (κ2) is 9.59. The zero-order valence-electron chi connectivity index (χ0n) is 16.8. The van der Waals surface area contributed by atoms with Gasteiger partial charge in [0.2, 0.25) is 0 Å². The van der Waals surface area contributed by atoms with Crippen LogP contribution in [0.5, 0.6) is 0 Å². The van der Waals surface area contributed by atoms with Gasteiger partial charge in [0.25, 0.3) is 5.91 Å². The summed E-state index contributed by atoms with van der Waals surface area (Å²) in [6.45, 7) is 2.39. The van der Waals surface area contributed by atoms with Crippen molar-refractivity contribution < 1.29 is 27.5 Å². The molecule has 8 heteroatoms. The Labute approximate surface area is 177 Å². The molecule has 0 fully saturated rings. The fourth-order valence-corrected chi connectivity index (χ4v) is 3.05. The van der Waals surface area contributed by atoms with Gasteiger partial charge in [0.1, 0.15) is 0 Å². The molecule has 0 aliphatic carbocycles. The third kappa shape index (κ3) is 5.81. The number of hydrogen-bond donors (Lipinski definition) is 1. The minimum absolute atomic E-state index is 0.230. The molecule has 0 unspecified atom stereocenters. The highest BCUT2D eigenvalue weighted by Gasteiger charge is 2.30. The van der Waals surface area contributed by atoms with Crippen LogP contribution in [0.1, 0.15) is 35.7 Å². The molecule has 0 radical (unpaired) electrons. The van der Waals surface area contributed by atoms with E-state index in [0.29, 0.717) is 47.3 Å². The Kier molecular flexibility index (Phi) is 6.89. The molecule has 0 atom stereocenters. The van der Waals surface area contributed by atoms with Gasteiger partial charge in [0.05, 0.1) is 23.4 Å². The fourth-order valence-electron chi connectivity index (χ4n) is 3.05. The smallest absolute Gasteiger partial charge is 0.416 e. The molecule has 1 N–H and O–H groups in total. The minimum Gasteiger partial charge on any atom is -0.466 e. The molecular formula is C23H21F3N2O3. The molecule has 5 nitrogen and oxygen atoms in total. The number of aromatic nitrogens is 1. The van der Waals surface area contributed by atoms with Crippen molar-refractivity contribution in [1.82, 2.24) is 10.3 Å². The number of ether oxygens (including phenoxy) is 1. The number of amides is 1. The van der Waals surface area contributed by atoms with Crippen molar-refractivity contribution in [3.63, 3.8) is 0 Å². The van der Waals surface area contributed by atoms with Gasteiger partial charge in [-0.25, -0.2) is 4.98 Å². The van der Waals surface area contributed by atoms with Crippen LogP contribution in [-0.4, -0.2) is 30.0 Å². The number of halogens is 3. The van der Waals surface area contributed by atoms with Crippen molar-refractivity contribution in [3.05, 3.63) is 65.7 Å². The number of nitrogens with zero attached hydrogens (tertiary/aromatic N) is 1. The summed E-state index contributed by atoms with van der Waals surface area (Å²) in [6.07, 6.45) is -3.72. The quantitative estimate of drug-likeness (QED) is 0.423. The van der Waals surface area contributed by atoms with Crippen molar-refractivity contribution in [3.8, 4) is 11.3 Å². The molecule has 0 saturated carbocycles. The number of alkyl halides is 3. The molecular weight excluding hydrogens is 409 g/mol. The second-order valence-electron chi connectivity index (χ2n) is 6.85. The number of carbonyl (C=O) groups excluding carboxylic acids is 2. The maximum atomic E-state index is 13.0. The number of pyridine rings is 1. The summed E-state index contributed by atoms with van der Waals surface area (Å²) in [7, 11) is 0. The van der Waals surface area contributed by atoms with Crippen LogP contribution in [0.3, 0.4) is 0 Å². The van der Waals surface area contributed by atoms with Crippen LogP contribution in [0.15, 0.2) is 54.6 Å². The molecule has 1 amide bonds. The third-order valence-corrected chi connectivity index (χ3v) is 4.59. The van der Waals surface area contributed by atoms with E-state index < -0.39 is 11.7 Å². The first-order valence-electron chi connectivity index (χ1n) is 9.80. The van der Waals surface area contributed by atoms with Crippen LogP contribution in [-0.2, 0) is 15.7 Å². The summed E-state index contributed by atoms with van der Waals surface area (Å²) in [6, 6.07) is 13.3. The van der Waals surface area contributed by atoms with E-state index in [4.69, 9.17) is 4.74 Å². The molecule has 0 bridgehead atoms. The van der Waals surface area contributed by atoms with Crippen molar-refractivity contribution >= 4 is 22.8 Å². The highest BCUT2D eigenvalue weighted by atomic mass is 19.4. The van der Waals surface area contributed by atoms with Crippen molar-refractivity contribution in [1.29, 1.82) is 0 Å². The first kappa shape index (κ1) is 22.3. The van der Waals surface area contributed by atoms with Crippen LogP contribution in [0.4, 0.5) is 13.2 Å². The summed E-state index contributed by atoms with van der Waals surface area (Å²) >= 11 is 0. The zero-order chi connectivity index (χ0) is 22.4.